The lowest BCUT2D eigenvalue weighted by molar-refractivity contribution is -0.146. The monoisotopic (exact) mass is 966 g/mol. The number of benzene rings is 6. The molecule has 14 heteroatoms. The Balaban J connectivity index is 0.000000214. The number of ether oxygens (including phenoxy) is 3. The maximum atomic E-state index is 11.5. The lowest BCUT2D eigenvalue weighted by atomic mass is 10.0. The smallest absolute Gasteiger partial charge is 0.313 e. The van der Waals surface area contributed by atoms with Crippen LogP contribution in [0.1, 0.15) is 57.9 Å². The van der Waals surface area contributed by atoms with E-state index in [1.807, 2.05) is 90.1 Å². The first-order chi connectivity index (χ1) is 34.5. The van der Waals surface area contributed by atoms with Gasteiger partial charge < -0.3 is 29.5 Å². The number of aryl methyl sites for hydroxylation is 8. The Labute approximate surface area is 419 Å². The fraction of sp³-hybridized carbons (Fsp3) is 0.241. The van der Waals surface area contributed by atoms with Crippen molar-refractivity contribution >= 4 is 11.8 Å². The van der Waals surface area contributed by atoms with Gasteiger partial charge in [-0.2, -0.15) is 0 Å². The number of esters is 1. The molecule has 368 valence electrons. The van der Waals surface area contributed by atoms with Gasteiger partial charge in [0.1, 0.15) is 55.0 Å². The summed E-state index contributed by atoms with van der Waals surface area (Å²) < 4.78 is 16.0. The molecule has 0 bridgehead atoms. The summed E-state index contributed by atoms with van der Waals surface area (Å²) in [5, 5.41) is 30.6. The van der Waals surface area contributed by atoms with Crippen molar-refractivity contribution in [2.75, 3.05) is 26.4 Å². The van der Waals surface area contributed by atoms with Crippen LogP contribution in [0.3, 0.4) is 0 Å². The number of rotatable bonds is 15. The van der Waals surface area contributed by atoms with E-state index in [2.05, 4.69) is 38.1 Å². The lowest BCUT2D eigenvalue weighted by Crippen LogP contribution is -2.14. The number of phenolic OH excluding ortho intramolecular Hbond substituents is 2. The van der Waals surface area contributed by atoms with E-state index in [0.717, 1.165) is 66.8 Å². The summed E-state index contributed by atoms with van der Waals surface area (Å²) in [5.41, 5.74) is 13.3. The second-order valence-electron chi connectivity index (χ2n) is 17.8. The van der Waals surface area contributed by atoms with Crippen LogP contribution in [0.2, 0.25) is 0 Å². The van der Waals surface area contributed by atoms with Crippen molar-refractivity contribution in [3.63, 3.8) is 0 Å². The number of aliphatic hydroxyl groups is 1. The SMILES string of the molecule is CC(=O)CC(=O)OCCOc1ccc(-c2nc(-c3ccc(C)cc3C)nc(-c3ccc(C)cc3C)n2)c(O)c1.Cc1ccc(-c2nc(-c3ccc(C)cc3C)nc(-c3ccc(OCCO)cc3O)n2)c(C)c1. The molecule has 0 aliphatic carbocycles. The minimum absolute atomic E-state index is 0.00482. The average molecular weight is 967 g/mol. The van der Waals surface area contributed by atoms with Gasteiger partial charge in [0, 0.05) is 34.4 Å². The van der Waals surface area contributed by atoms with E-state index in [4.69, 9.17) is 49.2 Å². The first-order valence-corrected chi connectivity index (χ1v) is 23.5. The van der Waals surface area contributed by atoms with Crippen LogP contribution < -0.4 is 9.47 Å². The van der Waals surface area contributed by atoms with Crippen molar-refractivity contribution in [1.82, 2.24) is 29.9 Å². The normalized spacial score (nSPS) is 10.9. The van der Waals surface area contributed by atoms with Crippen LogP contribution >= 0.6 is 0 Å². The first-order valence-electron chi connectivity index (χ1n) is 23.5. The van der Waals surface area contributed by atoms with Gasteiger partial charge >= 0.3 is 5.97 Å². The molecule has 8 aromatic rings. The van der Waals surface area contributed by atoms with E-state index < -0.39 is 5.97 Å². The van der Waals surface area contributed by atoms with Crippen molar-refractivity contribution in [3.8, 4) is 91.3 Å². The van der Waals surface area contributed by atoms with Gasteiger partial charge in [-0.1, -0.05) is 95.1 Å². The van der Waals surface area contributed by atoms with Crippen molar-refractivity contribution in [2.24, 2.45) is 0 Å². The number of hydrogen-bond acceptors (Lipinski definition) is 14. The van der Waals surface area contributed by atoms with Gasteiger partial charge in [-0.3, -0.25) is 9.59 Å². The highest BCUT2D eigenvalue weighted by Gasteiger charge is 2.20. The van der Waals surface area contributed by atoms with E-state index in [0.29, 0.717) is 57.6 Å². The van der Waals surface area contributed by atoms with Gasteiger partial charge in [-0.25, -0.2) is 29.9 Å². The Kier molecular flexibility index (Phi) is 16.5. The summed E-state index contributed by atoms with van der Waals surface area (Å²) in [6.45, 7) is 17.7. The fourth-order valence-corrected chi connectivity index (χ4v) is 8.05. The van der Waals surface area contributed by atoms with Gasteiger partial charge in [0.25, 0.3) is 0 Å². The van der Waals surface area contributed by atoms with Crippen LogP contribution in [0.25, 0.3) is 68.3 Å². The van der Waals surface area contributed by atoms with E-state index in [9.17, 15) is 19.8 Å². The lowest BCUT2D eigenvalue weighted by Gasteiger charge is -2.13. The number of aliphatic hydroxyl groups excluding tert-OH is 1. The van der Waals surface area contributed by atoms with Crippen LogP contribution in [0.5, 0.6) is 23.0 Å². The third kappa shape index (κ3) is 12.9. The number of phenols is 2. The van der Waals surface area contributed by atoms with Gasteiger partial charge in [0.2, 0.25) is 0 Å². The molecule has 0 radical (unpaired) electrons. The molecule has 2 aromatic heterocycles. The zero-order chi connectivity index (χ0) is 51.6. The second-order valence-corrected chi connectivity index (χ2v) is 17.8. The molecular weight excluding hydrogens is 909 g/mol. The van der Waals surface area contributed by atoms with Crippen molar-refractivity contribution in [2.45, 2.75) is 68.7 Å². The molecule has 72 heavy (non-hydrogen) atoms. The van der Waals surface area contributed by atoms with Gasteiger partial charge in [-0.05, 0) is 109 Å². The third-order valence-corrected chi connectivity index (χ3v) is 11.6. The molecule has 0 saturated carbocycles. The molecule has 6 aromatic carbocycles. The summed E-state index contributed by atoms with van der Waals surface area (Å²) >= 11 is 0. The largest absolute Gasteiger partial charge is 0.507 e. The standard InChI is InChI=1S/C31H31N3O5.C27H27N3O3/c1-18-6-9-24(20(3)14-18)29-32-30(25-10-7-19(2)15-21(25)4)34-31(33-29)26-11-8-23(17-27(26)36)38-12-13-39-28(37)16-22(5)35;1-16-5-8-21(18(3)13-16)25-28-26(22-9-6-17(2)14-19(22)4)30-27(29-25)23-10-7-20(15-24(23)32)33-12-11-31/h6-11,14-15,17,36H,12-13,16H2,1-5H3;5-10,13-15,31-32H,11-12H2,1-4H3. The highest BCUT2D eigenvalue weighted by molar-refractivity contribution is 5.94. The molecule has 0 aliphatic rings. The van der Waals surface area contributed by atoms with Crippen LogP contribution in [0, 0.1) is 55.4 Å². The molecule has 8 rings (SSSR count). The highest BCUT2D eigenvalue weighted by Crippen LogP contribution is 2.36. The number of aromatic hydroxyl groups is 2. The Bertz CT molecular complexity index is 3160. The molecule has 2 heterocycles. The summed E-state index contributed by atoms with van der Waals surface area (Å²) in [6, 6.07) is 34.3. The van der Waals surface area contributed by atoms with Gasteiger partial charge in [-0.15, -0.1) is 0 Å². The number of nitrogens with zero attached hydrogens (tertiary/aromatic N) is 6. The third-order valence-electron chi connectivity index (χ3n) is 11.6. The molecule has 3 N–H and O–H groups in total. The van der Waals surface area contributed by atoms with Crippen LogP contribution in [0.4, 0.5) is 0 Å². The molecule has 0 amide bonds. The topological polar surface area (TPSA) is 200 Å². The van der Waals surface area contributed by atoms with Gasteiger partial charge in [0.05, 0.1) is 17.7 Å². The minimum atomic E-state index is -0.599. The van der Waals surface area contributed by atoms with Gasteiger partial charge in [0.15, 0.2) is 34.9 Å². The van der Waals surface area contributed by atoms with Crippen molar-refractivity contribution in [1.29, 1.82) is 0 Å². The Morgan fingerprint density at radius 1 is 0.417 bits per heavy atom. The molecule has 0 atom stereocenters. The number of carbonyl (C=O) groups is 2. The maximum Gasteiger partial charge on any atom is 0.313 e. The van der Waals surface area contributed by atoms with E-state index in [-0.39, 0.29) is 50.1 Å². The summed E-state index contributed by atoms with van der Waals surface area (Å²) in [7, 11) is 0. The second kappa shape index (κ2) is 23.0. The van der Waals surface area contributed by atoms with Crippen LogP contribution in [0.15, 0.2) is 109 Å². The average Bonchev–Trinajstić information content (AvgIpc) is 3.32. The highest BCUT2D eigenvalue weighted by atomic mass is 16.6. The van der Waals surface area contributed by atoms with Crippen molar-refractivity contribution < 1.29 is 39.1 Å². The van der Waals surface area contributed by atoms with E-state index >= 15 is 0 Å². The molecule has 14 nitrogen and oxygen atoms in total. The van der Waals surface area contributed by atoms with E-state index in [1.165, 1.54) is 19.1 Å². The molecule has 0 aliphatic heterocycles. The number of aromatic nitrogens is 6. The molecule has 0 fully saturated rings. The van der Waals surface area contributed by atoms with Crippen LogP contribution in [-0.4, -0.2) is 83.4 Å². The van der Waals surface area contributed by atoms with E-state index in [1.54, 1.807) is 24.3 Å². The fourth-order valence-electron chi connectivity index (χ4n) is 8.05. The van der Waals surface area contributed by atoms with Crippen molar-refractivity contribution in [3.05, 3.63) is 154 Å². The maximum absolute atomic E-state index is 11.5. The zero-order valence-corrected chi connectivity index (χ0v) is 42.0. The molecule has 0 spiro atoms. The molecule has 0 saturated heterocycles. The molecular formula is C58H58N6O8. The zero-order valence-electron chi connectivity index (χ0n) is 42.0. The Morgan fingerprint density at radius 2 is 0.722 bits per heavy atom. The number of hydrogen-bond donors (Lipinski definition) is 3. The summed E-state index contributed by atoms with van der Waals surface area (Å²) in [6.07, 6.45) is -0.268. The first kappa shape index (κ1) is 51.5. The quantitative estimate of drug-likeness (QED) is 0.0498. The summed E-state index contributed by atoms with van der Waals surface area (Å²) in [4.78, 5) is 51.0. The number of carbonyl (C=O) groups excluding carboxylic acids is 2. The predicted molar refractivity (Wildman–Crippen MR) is 278 cm³/mol. The Hall–Kier alpha value is -8.36. The number of Topliss-reactive ketones (excluding diaryl/α,β-unsaturated/α-hetero) is 1. The predicted octanol–water partition coefficient (Wildman–Crippen LogP) is 10.9. The summed E-state index contributed by atoms with van der Waals surface area (Å²) in [5.74, 6) is 2.75. The Morgan fingerprint density at radius 3 is 1.01 bits per heavy atom. The minimum Gasteiger partial charge on any atom is -0.507 e. The number of ketones is 1. The van der Waals surface area contributed by atoms with Crippen LogP contribution in [-0.2, 0) is 14.3 Å². The molecule has 0 unspecified atom stereocenters.